The summed E-state index contributed by atoms with van der Waals surface area (Å²) in [5, 5.41) is 8.54. The van der Waals surface area contributed by atoms with Crippen molar-refractivity contribution in [1.29, 1.82) is 0 Å². The second kappa shape index (κ2) is 3.60. The van der Waals surface area contributed by atoms with Gasteiger partial charge in [0.2, 0.25) is 0 Å². The molecule has 0 fully saturated rings. The topological polar surface area (TPSA) is 28.7 Å². The number of aromatic amines is 1. The number of nitrogens with one attached hydrogen (secondary N) is 1. The second-order valence-electron chi connectivity index (χ2n) is 3.27. The van der Waals surface area contributed by atoms with Crippen molar-refractivity contribution in [2.45, 2.75) is 32.1 Å². The molecule has 66 valence electrons. The van der Waals surface area contributed by atoms with Crippen LogP contribution in [0.2, 0.25) is 0 Å². The summed E-state index contributed by atoms with van der Waals surface area (Å²) in [5.41, 5.74) is 4.21. The van der Waals surface area contributed by atoms with E-state index in [1.165, 1.54) is 42.6 Å². The molecule has 1 aromatic heterocycles. The maximum atomic E-state index is 4.33. The van der Waals surface area contributed by atoms with Gasteiger partial charge in [-0.1, -0.05) is 15.9 Å². The standard InChI is InChI=1S/C9H13BrN2/c10-6-2-5-9-7-3-1-4-8(7)11-12-9/h1-6H2,(H,11,12). The van der Waals surface area contributed by atoms with Crippen LogP contribution in [0.5, 0.6) is 0 Å². The zero-order valence-corrected chi connectivity index (χ0v) is 8.65. The normalized spacial score (nSPS) is 15.1. The first-order valence-electron chi connectivity index (χ1n) is 4.53. The Bertz CT molecular complexity index is 267. The highest BCUT2D eigenvalue weighted by atomic mass is 79.9. The molecule has 0 spiro atoms. The number of halogens is 1. The summed E-state index contributed by atoms with van der Waals surface area (Å²) in [6.07, 6.45) is 6.07. The van der Waals surface area contributed by atoms with E-state index in [4.69, 9.17) is 0 Å². The Morgan fingerprint density at radius 2 is 2.33 bits per heavy atom. The Morgan fingerprint density at radius 1 is 1.42 bits per heavy atom. The number of fused-ring (bicyclic) bond motifs is 1. The van der Waals surface area contributed by atoms with Gasteiger partial charge < -0.3 is 0 Å². The van der Waals surface area contributed by atoms with Gasteiger partial charge in [0, 0.05) is 11.0 Å². The summed E-state index contributed by atoms with van der Waals surface area (Å²) in [4.78, 5) is 0. The Balaban J connectivity index is 2.11. The number of rotatable bonds is 3. The van der Waals surface area contributed by atoms with Gasteiger partial charge in [0.15, 0.2) is 0 Å². The van der Waals surface area contributed by atoms with E-state index in [-0.39, 0.29) is 0 Å². The molecule has 1 aliphatic rings. The van der Waals surface area contributed by atoms with E-state index in [1.54, 1.807) is 0 Å². The summed E-state index contributed by atoms with van der Waals surface area (Å²) in [5.74, 6) is 0. The lowest BCUT2D eigenvalue weighted by Gasteiger charge is -1.95. The summed E-state index contributed by atoms with van der Waals surface area (Å²) >= 11 is 3.44. The zero-order valence-electron chi connectivity index (χ0n) is 7.07. The molecule has 0 amide bonds. The third-order valence-corrected chi connectivity index (χ3v) is 3.00. The van der Waals surface area contributed by atoms with Crippen LogP contribution < -0.4 is 0 Å². The van der Waals surface area contributed by atoms with E-state index in [1.807, 2.05) is 0 Å². The fourth-order valence-electron chi connectivity index (χ4n) is 1.83. The fourth-order valence-corrected chi connectivity index (χ4v) is 2.11. The minimum Gasteiger partial charge on any atom is -0.282 e. The minimum absolute atomic E-state index is 1.08. The van der Waals surface area contributed by atoms with Gasteiger partial charge in [-0.15, -0.1) is 0 Å². The molecule has 12 heavy (non-hydrogen) atoms. The SMILES string of the molecule is BrCCCc1n[nH]c2c1CCC2. The van der Waals surface area contributed by atoms with Crippen LogP contribution in [0, 0.1) is 0 Å². The van der Waals surface area contributed by atoms with E-state index in [0.717, 1.165) is 11.8 Å². The number of H-pyrrole nitrogens is 1. The van der Waals surface area contributed by atoms with E-state index >= 15 is 0 Å². The number of aryl methyl sites for hydroxylation is 2. The minimum atomic E-state index is 1.08. The Kier molecular flexibility index (Phi) is 2.49. The Hall–Kier alpha value is -0.310. The molecule has 0 saturated carbocycles. The number of aromatic nitrogens is 2. The van der Waals surface area contributed by atoms with E-state index in [2.05, 4.69) is 26.1 Å². The summed E-state index contributed by atoms with van der Waals surface area (Å²) in [6, 6.07) is 0. The lowest BCUT2D eigenvalue weighted by molar-refractivity contribution is 0.815. The molecule has 1 heterocycles. The highest BCUT2D eigenvalue weighted by molar-refractivity contribution is 9.09. The molecule has 0 atom stereocenters. The largest absolute Gasteiger partial charge is 0.282 e. The van der Waals surface area contributed by atoms with Crippen LogP contribution >= 0.6 is 15.9 Å². The number of nitrogens with zero attached hydrogens (tertiary/aromatic N) is 1. The van der Waals surface area contributed by atoms with Crippen molar-refractivity contribution in [1.82, 2.24) is 10.2 Å². The molecular weight excluding hydrogens is 216 g/mol. The quantitative estimate of drug-likeness (QED) is 0.791. The van der Waals surface area contributed by atoms with E-state index < -0.39 is 0 Å². The van der Waals surface area contributed by atoms with Crippen LogP contribution in [0.15, 0.2) is 0 Å². The van der Waals surface area contributed by atoms with Crippen molar-refractivity contribution in [3.8, 4) is 0 Å². The zero-order chi connectivity index (χ0) is 8.39. The van der Waals surface area contributed by atoms with E-state index in [9.17, 15) is 0 Å². The van der Waals surface area contributed by atoms with Crippen LogP contribution in [0.25, 0.3) is 0 Å². The van der Waals surface area contributed by atoms with Gasteiger partial charge in [-0.2, -0.15) is 5.10 Å². The average molecular weight is 229 g/mol. The molecule has 1 N–H and O–H groups in total. The maximum Gasteiger partial charge on any atom is 0.0657 e. The molecule has 1 aromatic rings. The van der Waals surface area contributed by atoms with E-state index in [0.29, 0.717) is 0 Å². The molecule has 1 aliphatic carbocycles. The van der Waals surface area contributed by atoms with Gasteiger partial charge in [-0.3, -0.25) is 5.10 Å². The Morgan fingerprint density at radius 3 is 3.17 bits per heavy atom. The monoisotopic (exact) mass is 228 g/mol. The maximum absolute atomic E-state index is 4.33. The predicted octanol–water partition coefficient (Wildman–Crippen LogP) is 2.23. The van der Waals surface area contributed by atoms with Crippen LogP contribution in [0.1, 0.15) is 29.8 Å². The third kappa shape index (κ3) is 1.42. The van der Waals surface area contributed by atoms with Gasteiger partial charge >= 0.3 is 0 Å². The van der Waals surface area contributed by atoms with Crippen molar-refractivity contribution in [2.24, 2.45) is 0 Å². The molecule has 0 aliphatic heterocycles. The first-order chi connectivity index (χ1) is 5.92. The average Bonchev–Trinajstić information content (AvgIpc) is 2.62. The van der Waals surface area contributed by atoms with Crippen LogP contribution in [-0.2, 0) is 19.3 Å². The number of hydrogen-bond donors (Lipinski definition) is 1. The number of hydrogen-bond acceptors (Lipinski definition) is 1. The molecule has 0 unspecified atom stereocenters. The number of alkyl halides is 1. The molecule has 2 nitrogen and oxygen atoms in total. The Labute approximate surface area is 80.9 Å². The van der Waals surface area contributed by atoms with Crippen molar-refractivity contribution in [3.05, 3.63) is 17.0 Å². The lowest BCUT2D eigenvalue weighted by atomic mass is 10.1. The van der Waals surface area contributed by atoms with Gasteiger partial charge in [0.25, 0.3) is 0 Å². The van der Waals surface area contributed by atoms with Crippen molar-refractivity contribution >= 4 is 15.9 Å². The summed E-state index contributed by atoms with van der Waals surface area (Å²) < 4.78 is 0. The van der Waals surface area contributed by atoms with Gasteiger partial charge in [-0.25, -0.2) is 0 Å². The molecule has 0 aromatic carbocycles. The van der Waals surface area contributed by atoms with Crippen LogP contribution in [0.4, 0.5) is 0 Å². The first kappa shape index (κ1) is 8.30. The highest BCUT2D eigenvalue weighted by Gasteiger charge is 2.17. The highest BCUT2D eigenvalue weighted by Crippen LogP contribution is 2.23. The van der Waals surface area contributed by atoms with Gasteiger partial charge in [0.05, 0.1) is 5.69 Å². The predicted molar refractivity (Wildman–Crippen MR) is 52.7 cm³/mol. The van der Waals surface area contributed by atoms with Gasteiger partial charge in [-0.05, 0) is 37.7 Å². The molecule has 0 saturated heterocycles. The molecule has 0 bridgehead atoms. The smallest absolute Gasteiger partial charge is 0.0657 e. The van der Waals surface area contributed by atoms with Crippen molar-refractivity contribution in [3.63, 3.8) is 0 Å². The molecule has 0 radical (unpaired) electrons. The molecular formula is C9H13BrN2. The van der Waals surface area contributed by atoms with Crippen molar-refractivity contribution in [2.75, 3.05) is 5.33 Å². The fraction of sp³-hybridized carbons (Fsp3) is 0.667. The molecule has 2 rings (SSSR count). The first-order valence-corrected chi connectivity index (χ1v) is 5.65. The lowest BCUT2D eigenvalue weighted by Crippen LogP contribution is -1.91. The third-order valence-electron chi connectivity index (χ3n) is 2.44. The summed E-state index contributed by atoms with van der Waals surface area (Å²) in [7, 11) is 0. The van der Waals surface area contributed by atoms with Crippen LogP contribution in [-0.4, -0.2) is 15.5 Å². The van der Waals surface area contributed by atoms with Crippen LogP contribution in [0.3, 0.4) is 0 Å². The molecule has 3 heteroatoms. The second-order valence-corrected chi connectivity index (χ2v) is 4.07. The van der Waals surface area contributed by atoms with Gasteiger partial charge in [0.1, 0.15) is 0 Å². The summed E-state index contributed by atoms with van der Waals surface area (Å²) in [6.45, 7) is 0. The van der Waals surface area contributed by atoms with Crippen molar-refractivity contribution < 1.29 is 0 Å².